The van der Waals surface area contributed by atoms with Crippen molar-refractivity contribution in [1.82, 2.24) is 10.6 Å². The number of carbonyl (C=O) groups is 1. The SMILES string of the molecule is CC(NCC1CCC(=O)N1)c1cccc(OC(F)F)c1. The van der Waals surface area contributed by atoms with Crippen LogP contribution in [0, 0.1) is 0 Å². The van der Waals surface area contributed by atoms with Crippen molar-refractivity contribution in [1.29, 1.82) is 0 Å². The second-order valence-corrected chi connectivity index (χ2v) is 4.88. The van der Waals surface area contributed by atoms with Crippen LogP contribution in [0.15, 0.2) is 24.3 Å². The first-order chi connectivity index (χ1) is 9.54. The van der Waals surface area contributed by atoms with Crippen LogP contribution in [0.4, 0.5) is 8.78 Å². The lowest BCUT2D eigenvalue weighted by molar-refractivity contribution is -0.119. The number of hydrogen-bond acceptors (Lipinski definition) is 3. The summed E-state index contributed by atoms with van der Waals surface area (Å²) in [6.45, 7) is -0.215. The van der Waals surface area contributed by atoms with Crippen molar-refractivity contribution in [2.45, 2.75) is 38.5 Å². The third-order valence-corrected chi connectivity index (χ3v) is 3.34. The van der Waals surface area contributed by atoms with E-state index < -0.39 is 6.61 Å². The van der Waals surface area contributed by atoms with Crippen LogP contribution in [0.5, 0.6) is 5.75 Å². The maximum atomic E-state index is 12.2. The maximum absolute atomic E-state index is 12.2. The number of halogens is 2. The molecule has 1 heterocycles. The molecule has 0 aliphatic carbocycles. The number of nitrogens with one attached hydrogen (secondary N) is 2. The highest BCUT2D eigenvalue weighted by molar-refractivity contribution is 5.78. The van der Waals surface area contributed by atoms with Gasteiger partial charge in [-0.05, 0) is 31.0 Å². The van der Waals surface area contributed by atoms with Gasteiger partial charge in [0.1, 0.15) is 5.75 Å². The number of ether oxygens (including phenoxy) is 1. The highest BCUT2D eigenvalue weighted by Crippen LogP contribution is 2.20. The molecule has 1 aliphatic rings. The zero-order valence-electron chi connectivity index (χ0n) is 11.2. The Morgan fingerprint density at radius 1 is 1.50 bits per heavy atom. The number of rotatable bonds is 6. The average Bonchev–Trinajstić information content (AvgIpc) is 2.81. The van der Waals surface area contributed by atoms with E-state index >= 15 is 0 Å². The van der Waals surface area contributed by atoms with E-state index in [-0.39, 0.29) is 23.7 Å². The van der Waals surface area contributed by atoms with E-state index in [0.717, 1.165) is 12.0 Å². The van der Waals surface area contributed by atoms with Gasteiger partial charge in [0, 0.05) is 25.0 Å². The molecule has 6 heteroatoms. The lowest BCUT2D eigenvalue weighted by Crippen LogP contribution is -2.36. The van der Waals surface area contributed by atoms with E-state index in [1.807, 2.05) is 13.0 Å². The topological polar surface area (TPSA) is 50.4 Å². The Balaban J connectivity index is 1.88. The van der Waals surface area contributed by atoms with Crippen LogP contribution in [-0.2, 0) is 4.79 Å². The highest BCUT2D eigenvalue weighted by Gasteiger charge is 2.21. The maximum Gasteiger partial charge on any atom is 0.387 e. The predicted octanol–water partition coefficient (Wildman–Crippen LogP) is 2.22. The molecule has 110 valence electrons. The third kappa shape index (κ3) is 4.16. The quantitative estimate of drug-likeness (QED) is 0.842. The Bertz CT molecular complexity index is 468. The number of hydrogen-bond donors (Lipinski definition) is 2. The first-order valence-corrected chi connectivity index (χ1v) is 6.62. The minimum Gasteiger partial charge on any atom is -0.435 e. The van der Waals surface area contributed by atoms with Gasteiger partial charge in [0.25, 0.3) is 0 Å². The van der Waals surface area contributed by atoms with E-state index in [1.54, 1.807) is 12.1 Å². The van der Waals surface area contributed by atoms with Crippen molar-refractivity contribution in [3.05, 3.63) is 29.8 Å². The van der Waals surface area contributed by atoms with Gasteiger partial charge in [-0.25, -0.2) is 0 Å². The van der Waals surface area contributed by atoms with Crippen LogP contribution in [-0.4, -0.2) is 25.1 Å². The molecule has 2 atom stereocenters. The van der Waals surface area contributed by atoms with Crippen molar-refractivity contribution in [3.8, 4) is 5.75 Å². The summed E-state index contributed by atoms with van der Waals surface area (Å²) in [5, 5.41) is 6.16. The van der Waals surface area contributed by atoms with Gasteiger partial charge in [-0.2, -0.15) is 8.78 Å². The van der Waals surface area contributed by atoms with Crippen molar-refractivity contribution in [2.75, 3.05) is 6.54 Å². The van der Waals surface area contributed by atoms with E-state index in [2.05, 4.69) is 15.4 Å². The minimum atomic E-state index is -2.82. The first kappa shape index (κ1) is 14.7. The van der Waals surface area contributed by atoms with Gasteiger partial charge in [0.05, 0.1) is 0 Å². The summed E-state index contributed by atoms with van der Waals surface area (Å²) in [7, 11) is 0. The zero-order chi connectivity index (χ0) is 14.5. The summed E-state index contributed by atoms with van der Waals surface area (Å²) in [4.78, 5) is 11.1. The first-order valence-electron chi connectivity index (χ1n) is 6.62. The number of benzene rings is 1. The molecule has 1 aromatic rings. The Hall–Kier alpha value is -1.69. The van der Waals surface area contributed by atoms with Crippen LogP contribution in [0.25, 0.3) is 0 Å². The third-order valence-electron chi connectivity index (χ3n) is 3.34. The van der Waals surface area contributed by atoms with Gasteiger partial charge in [-0.1, -0.05) is 12.1 Å². The summed E-state index contributed by atoms with van der Waals surface area (Å²) in [6.07, 6.45) is 1.39. The fourth-order valence-corrected chi connectivity index (χ4v) is 2.23. The monoisotopic (exact) mass is 284 g/mol. The summed E-state index contributed by atoms with van der Waals surface area (Å²) >= 11 is 0. The molecular formula is C14H18F2N2O2. The Kier molecular flexibility index (Phi) is 4.89. The van der Waals surface area contributed by atoms with E-state index in [0.29, 0.717) is 13.0 Å². The molecule has 1 saturated heterocycles. The van der Waals surface area contributed by atoms with Crippen LogP contribution >= 0.6 is 0 Å². The number of carbonyl (C=O) groups excluding carboxylic acids is 1. The molecular weight excluding hydrogens is 266 g/mol. The standard InChI is InChI=1S/C14H18F2N2O2/c1-9(17-8-11-5-6-13(19)18-11)10-3-2-4-12(7-10)20-14(15)16/h2-4,7,9,11,14,17H,5-6,8H2,1H3,(H,18,19). The smallest absolute Gasteiger partial charge is 0.387 e. The zero-order valence-corrected chi connectivity index (χ0v) is 11.2. The molecule has 2 N–H and O–H groups in total. The van der Waals surface area contributed by atoms with Crippen molar-refractivity contribution in [2.24, 2.45) is 0 Å². The van der Waals surface area contributed by atoms with E-state index in [9.17, 15) is 13.6 Å². The van der Waals surface area contributed by atoms with Crippen molar-refractivity contribution < 1.29 is 18.3 Å². The predicted molar refractivity (Wildman–Crippen MR) is 70.7 cm³/mol. The molecule has 0 saturated carbocycles. The number of alkyl halides is 2. The van der Waals surface area contributed by atoms with Crippen LogP contribution in [0.2, 0.25) is 0 Å². The van der Waals surface area contributed by atoms with Crippen LogP contribution < -0.4 is 15.4 Å². The summed E-state index contributed by atoms with van der Waals surface area (Å²) < 4.78 is 28.7. The van der Waals surface area contributed by atoms with Gasteiger partial charge in [0.15, 0.2) is 0 Å². The normalized spacial score (nSPS) is 20.0. The molecule has 1 aliphatic heterocycles. The summed E-state index contributed by atoms with van der Waals surface area (Å²) in [5.41, 5.74) is 0.868. The van der Waals surface area contributed by atoms with Gasteiger partial charge < -0.3 is 15.4 Å². The Labute approximate surface area is 116 Å². The Morgan fingerprint density at radius 2 is 2.30 bits per heavy atom. The lowest BCUT2D eigenvalue weighted by atomic mass is 10.1. The molecule has 0 bridgehead atoms. The number of amides is 1. The van der Waals surface area contributed by atoms with Gasteiger partial charge >= 0.3 is 6.61 Å². The molecule has 1 amide bonds. The fraction of sp³-hybridized carbons (Fsp3) is 0.500. The summed E-state index contributed by atoms with van der Waals surface area (Å²) in [6, 6.07) is 6.77. The highest BCUT2D eigenvalue weighted by atomic mass is 19.3. The molecule has 0 radical (unpaired) electrons. The molecule has 2 rings (SSSR count). The average molecular weight is 284 g/mol. The largest absolute Gasteiger partial charge is 0.435 e. The van der Waals surface area contributed by atoms with Crippen LogP contribution in [0.3, 0.4) is 0 Å². The van der Waals surface area contributed by atoms with E-state index in [1.165, 1.54) is 6.07 Å². The minimum absolute atomic E-state index is 0.00581. The van der Waals surface area contributed by atoms with Gasteiger partial charge in [-0.15, -0.1) is 0 Å². The summed E-state index contributed by atoms with van der Waals surface area (Å²) in [5.74, 6) is 0.233. The van der Waals surface area contributed by atoms with Gasteiger partial charge in [-0.3, -0.25) is 4.79 Å². The molecule has 0 spiro atoms. The lowest BCUT2D eigenvalue weighted by Gasteiger charge is -2.18. The van der Waals surface area contributed by atoms with Crippen molar-refractivity contribution in [3.63, 3.8) is 0 Å². The van der Waals surface area contributed by atoms with Crippen molar-refractivity contribution >= 4 is 5.91 Å². The molecule has 0 aromatic heterocycles. The molecule has 4 nitrogen and oxygen atoms in total. The molecule has 1 aromatic carbocycles. The molecule has 1 fully saturated rings. The second-order valence-electron chi connectivity index (χ2n) is 4.88. The fourth-order valence-electron chi connectivity index (χ4n) is 2.23. The van der Waals surface area contributed by atoms with Gasteiger partial charge in [0.2, 0.25) is 5.91 Å². The second kappa shape index (κ2) is 6.65. The molecule has 20 heavy (non-hydrogen) atoms. The van der Waals surface area contributed by atoms with Crippen LogP contribution in [0.1, 0.15) is 31.4 Å². The Morgan fingerprint density at radius 3 is 2.95 bits per heavy atom. The molecule has 2 unspecified atom stereocenters. The van der Waals surface area contributed by atoms with E-state index in [4.69, 9.17) is 0 Å².